The maximum absolute atomic E-state index is 12.0. The third-order valence-corrected chi connectivity index (χ3v) is 6.41. The van der Waals surface area contributed by atoms with E-state index in [0.29, 0.717) is 17.9 Å². The van der Waals surface area contributed by atoms with E-state index in [1.807, 2.05) is 30.3 Å². The van der Waals surface area contributed by atoms with Crippen molar-refractivity contribution in [2.45, 2.75) is 44.8 Å². The van der Waals surface area contributed by atoms with Gasteiger partial charge in [-0.2, -0.15) is 5.21 Å². The van der Waals surface area contributed by atoms with E-state index in [1.165, 1.54) is 0 Å². The van der Waals surface area contributed by atoms with Crippen LogP contribution in [-0.4, -0.2) is 54.2 Å². The molecule has 172 valence electrons. The van der Waals surface area contributed by atoms with Gasteiger partial charge in [0.25, 0.3) is 0 Å². The fourth-order valence-corrected chi connectivity index (χ4v) is 4.75. The number of amidine groups is 1. The van der Waals surface area contributed by atoms with Crippen molar-refractivity contribution in [2.24, 2.45) is 0 Å². The lowest BCUT2D eigenvalue weighted by Crippen LogP contribution is -2.39. The van der Waals surface area contributed by atoms with Crippen LogP contribution in [0.25, 0.3) is 22.5 Å². The SMILES string of the molecule is CCCCC1=[N+](Cc2ccc(-c3ccccc3-c3nn[nH]n3)cc2)C2C(C(=O)O)=CC=CC2N1. The molecule has 8 nitrogen and oxygen atoms in total. The van der Waals surface area contributed by atoms with Crippen molar-refractivity contribution in [2.75, 3.05) is 0 Å². The summed E-state index contributed by atoms with van der Waals surface area (Å²) in [6.07, 6.45) is 8.66. The van der Waals surface area contributed by atoms with Crippen LogP contribution in [0.2, 0.25) is 0 Å². The molecule has 2 heterocycles. The summed E-state index contributed by atoms with van der Waals surface area (Å²) in [5, 5.41) is 27.8. The highest BCUT2D eigenvalue weighted by Gasteiger charge is 2.44. The topological polar surface area (TPSA) is 107 Å². The molecule has 3 N–H and O–H groups in total. The van der Waals surface area contributed by atoms with Crippen LogP contribution in [0.5, 0.6) is 0 Å². The van der Waals surface area contributed by atoms with Gasteiger partial charge in [0.05, 0.1) is 5.57 Å². The molecule has 0 spiro atoms. The molecule has 0 saturated carbocycles. The van der Waals surface area contributed by atoms with Gasteiger partial charge in [0.2, 0.25) is 11.7 Å². The summed E-state index contributed by atoms with van der Waals surface area (Å²) in [4.78, 5) is 12.0. The van der Waals surface area contributed by atoms with Crippen molar-refractivity contribution < 1.29 is 14.5 Å². The summed E-state index contributed by atoms with van der Waals surface area (Å²) in [5.41, 5.74) is 4.55. The van der Waals surface area contributed by atoms with Gasteiger partial charge in [-0.3, -0.25) is 5.32 Å². The van der Waals surface area contributed by atoms with Crippen molar-refractivity contribution in [1.29, 1.82) is 0 Å². The molecule has 2 atom stereocenters. The summed E-state index contributed by atoms with van der Waals surface area (Å²) in [6, 6.07) is 16.1. The highest BCUT2D eigenvalue weighted by Crippen LogP contribution is 2.30. The number of H-pyrrole nitrogens is 1. The van der Waals surface area contributed by atoms with E-state index in [-0.39, 0.29) is 12.1 Å². The van der Waals surface area contributed by atoms with Crippen LogP contribution in [0, 0.1) is 0 Å². The molecule has 0 fully saturated rings. The number of allylic oxidation sites excluding steroid dienone is 2. The predicted octanol–water partition coefficient (Wildman–Crippen LogP) is 3.56. The van der Waals surface area contributed by atoms with Crippen LogP contribution in [-0.2, 0) is 11.3 Å². The lowest BCUT2D eigenvalue weighted by Gasteiger charge is -2.19. The van der Waals surface area contributed by atoms with E-state index in [1.54, 1.807) is 6.08 Å². The molecule has 0 radical (unpaired) electrons. The Kier molecular flexibility index (Phi) is 6.03. The molecule has 1 aromatic heterocycles. The van der Waals surface area contributed by atoms with Crippen molar-refractivity contribution >= 4 is 11.8 Å². The Morgan fingerprint density at radius 2 is 1.91 bits per heavy atom. The van der Waals surface area contributed by atoms with Gasteiger partial charge in [0, 0.05) is 12.0 Å². The van der Waals surface area contributed by atoms with E-state index in [0.717, 1.165) is 47.4 Å². The molecule has 1 aliphatic carbocycles. The number of nitrogens with one attached hydrogen (secondary N) is 2. The summed E-state index contributed by atoms with van der Waals surface area (Å²) in [6.45, 7) is 2.80. The van der Waals surface area contributed by atoms with Crippen molar-refractivity contribution in [1.82, 2.24) is 25.9 Å². The van der Waals surface area contributed by atoms with Crippen molar-refractivity contribution in [3.63, 3.8) is 0 Å². The Morgan fingerprint density at radius 1 is 1.12 bits per heavy atom. The maximum Gasteiger partial charge on any atom is 0.336 e. The number of aromatic nitrogens is 4. The second-order valence-corrected chi connectivity index (χ2v) is 8.58. The number of aliphatic carboxylic acids is 1. The monoisotopic (exact) mass is 455 g/mol. The highest BCUT2D eigenvalue weighted by atomic mass is 16.4. The normalized spacial score (nSPS) is 19.0. The van der Waals surface area contributed by atoms with Gasteiger partial charge in [-0.05, 0) is 40.5 Å². The zero-order valence-electron chi connectivity index (χ0n) is 19.0. The minimum absolute atomic E-state index is 0.0240. The van der Waals surface area contributed by atoms with E-state index in [2.05, 4.69) is 67.8 Å². The number of hydrogen-bond acceptors (Lipinski definition) is 5. The molecule has 5 rings (SSSR count). The van der Waals surface area contributed by atoms with Gasteiger partial charge >= 0.3 is 5.97 Å². The number of unbranched alkanes of at least 4 members (excludes halogenated alkanes) is 1. The summed E-state index contributed by atoms with van der Waals surface area (Å²) < 4.78 is 2.23. The standard InChI is InChI=1S/C26H26N6O2/c1-2-3-11-23-27-22-10-6-9-21(26(33)34)24(22)32(23)16-17-12-14-18(15-13-17)19-7-4-5-8-20(19)25-28-30-31-29-25/h4-10,12-15,22,24H,2-3,11,16H2,1H3,(H2,28,29,30,31,33,34)/p+1. The molecule has 2 aromatic carbocycles. The first kappa shape index (κ1) is 21.8. The fourth-order valence-electron chi connectivity index (χ4n) is 4.75. The molecule has 0 saturated heterocycles. The van der Waals surface area contributed by atoms with Crippen LogP contribution in [0.3, 0.4) is 0 Å². The van der Waals surface area contributed by atoms with E-state index in [9.17, 15) is 9.90 Å². The number of hydrogen-bond donors (Lipinski definition) is 3. The number of tetrazole rings is 1. The number of rotatable bonds is 8. The number of carboxylic acids is 1. The van der Waals surface area contributed by atoms with Crippen LogP contribution in [0.4, 0.5) is 0 Å². The van der Waals surface area contributed by atoms with Gasteiger partial charge < -0.3 is 5.11 Å². The number of benzene rings is 2. The minimum Gasteiger partial charge on any atom is -0.478 e. The van der Waals surface area contributed by atoms with Crippen molar-refractivity contribution in [3.05, 3.63) is 77.9 Å². The molecule has 3 aromatic rings. The van der Waals surface area contributed by atoms with E-state index < -0.39 is 5.97 Å². The van der Waals surface area contributed by atoms with Crippen molar-refractivity contribution in [3.8, 4) is 22.5 Å². The third-order valence-electron chi connectivity index (χ3n) is 6.41. The highest BCUT2D eigenvalue weighted by molar-refractivity contribution is 5.90. The average molecular weight is 456 g/mol. The molecule has 0 amide bonds. The average Bonchev–Trinajstić information content (AvgIpc) is 3.52. The molecule has 8 heteroatoms. The van der Waals surface area contributed by atoms with Gasteiger partial charge in [-0.25, -0.2) is 9.37 Å². The molecule has 1 aliphatic heterocycles. The molecular formula is C26H27N6O2+. The van der Waals surface area contributed by atoms with Crippen LogP contribution < -0.4 is 5.32 Å². The second-order valence-electron chi connectivity index (χ2n) is 8.58. The first-order valence-corrected chi connectivity index (χ1v) is 11.6. The Morgan fingerprint density at radius 3 is 2.62 bits per heavy atom. The smallest absolute Gasteiger partial charge is 0.336 e. The molecule has 2 unspecified atom stereocenters. The second kappa shape index (κ2) is 9.43. The lowest BCUT2D eigenvalue weighted by molar-refractivity contribution is -0.565. The fraction of sp³-hybridized carbons (Fsp3) is 0.269. The van der Waals surface area contributed by atoms with Crippen LogP contribution >= 0.6 is 0 Å². The van der Waals surface area contributed by atoms with E-state index in [4.69, 9.17) is 0 Å². The van der Waals surface area contributed by atoms with Gasteiger partial charge in [0.1, 0.15) is 6.54 Å². The minimum atomic E-state index is -0.865. The number of aromatic amines is 1. The van der Waals surface area contributed by atoms with Crippen LogP contribution in [0.15, 0.2) is 72.3 Å². The predicted molar refractivity (Wildman–Crippen MR) is 129 cm³/mol. The largest absolute Gasteiger partial charge is 0.478 e. The summed E-state index contributed by atoms with van der Waals surface area (Å²) >= 11 is 0. The molecule has 34 heavy (non-hydrogen) atoms. The summed E-state index contributed by atoms with van der Waals surface area (Å²) in [7, 11) is 0. The quantitative estimate of drug-likeness (QED) is 0.449. The number of carbonyl (C=O) groups is 1. The number of carboxylic acid groups (broad SMARTS) is 1. The van der Waals surface area contributed by atoms with Gasteiger partial charge in [-0.1, -0.05) is 68.0 Å². The Labute approximate surface area is 197 Å². The number of fused-ring (bicyclic) bond motifs is 1. The lowest BCUT2D eigenvalue weighted by atomic mass is 9.94. The Bertz CT molecular complexity index is 1270. The number of nitrogens with zero attached hydrogens (tertiary/aromatic N) is 4. The summed E-state index contributed by atoms with van der Waals surface area (Å²) in [5.74, 6) is 0.806. The molecular weight excluding hydrogens is 428 g/mol. The molecule has 2 aliphatic rings. The first-order valence-electron chi connectivity index (χ1n) is 11.6. The Balaban J connectivity index is 1.44. The van der Waals surface area contributed by atoms with Gasteiger partial charge in [-0.15, -0.1) is 10.2 Å². The van der Waals surface area contributed by atoms with Gasteiger partial charge in [0.15, 0.2) is 12.1 Å². The maximum atomic E-state index is 12.0. The molecule has 0 bridgehead atoms. The van der Waals surface area contributed by atoms with Crippen LogP contribution in [0.1, 0.15) is 31.7 Å². The zero-order valence-corrected chi connectivity index (χ0v) is 19.0. The van der Waals surface area contributed by atoms with E-state index >= 15 is 0 Å². The first-order chi connectivity index (χ1) is 16.7. The third kappa shape index (κ3) is 4.14. The Hall–Kier alpha value is -4.07. The zero-order chi connectivity index (χ0) is 23.5.